The zero-order valence-electron chi connectivity index (χ0n) is 22.8. The molecule has 2 N–H and O–H groups in total. The molecule has 2 aliphatic heterocycles. The number of aromatic nitrogens is 1. The number of carboxylic acid groups (broad SMARTS) is 2. The Kier molecular flexibility index (Phi) is 11.9. The van der Waals surface area contributed by atoms with Gasteiger partial charge in [0.1, 0.15) is 0 Å². The molecule has 0 radical (unpaired) electrons. The van der Waals surface area contributed by atoms with Crippen LogP contribution < -0.4 is 0 Å². The molecule has 3 heterocycles. The number of benzene rings is 1. The Labute approximate surface area is 237 Å². The standard InChI is InChI=1S/C23H29N3O2.2C2HF3O2/c1-18-6-5-7-20(12-18)22(27)26-16-23(17-26)13-19(9-11-25(23)2)14-28-15-21-8-3-4-10-24-21;2*3-2(4,5)1(6)7/h3-8,10,12,19H,9,11,13-17H2,1-2H3;2*(H,6,7). The largest absolute Gasteiger partial charge is 0.490 e. The van der Waals surface area contributed by atoms with Crippen LogP contribution in [0.15, 0.2) is 48.7 Å². The van der Waals surface area contributed by atoms with E-state index in [0.29, 0.717) is 12.5 Å². The van der Waals surface area contributed by atoms with Gasteiger partial charge in [-0.1, -0.05) is 23.8 Å². The lowest BCUT2D eigenvalue weighted by molar-refractivity contribution is -0.193. The fraction of sp³-hybridized carbons (Fsp3) is 0.481. The lowest BCUT2D eigenvalue weighted by Gasteiger charge is -2.58. The summed E-state index contributed by atoms with van der Waals surface area (Å²) in [6, 6.07) is 13.8. The number of hydrogen-bond donors (Lipinski definition) is 2. The maximum Gasteiger partial charge on any atom is 0.490 e. The van der Waals surface area contributed by atoms with Crippen LogP contribution in [0.3, 0.4) is 0 Å². The first-order valence-electron chi connectivity index (χ1n) is 12.6. The molecule has 4 rings (SSSR count). The minimum atomic E-state index is -5.08. The Morgan fingerprint density at radius 1 is 1.00 bits per heavy atom. The molecule has 42 heavy (non-hydrogen) atoms. The molecule has 15 heteroatoms. The number of aliphatic carboxylic acids is 2. The Balaban J connectivity index is 0.000000367. The van der Waals surface area contributed by atoms with Gasteiger partial charge < -0.3 is 19.8 Å². The van der Waals surface area contributed by atoms with Crippen molar-refractivity contribution in [3.63, 3.8) is 0 Å². The Bertz CT molecular complexity index is 1180. The molecular formula is C27H31F6N3O6. The Morgan fingerprint density at radius 2 is 1.60 bits per heavy atom. The number of hydrogen-bond acceptors (Lipinski definition) is 6. The van der Waals surface area contributed by atoms with Gasteiger partial charge in [-0.25, -0.2) is 9.59 Å². The summed E-state index contributed by atoms with van der Waals surface area (Å²) in [4.78, 5) is 39.3. The summed E-state index contributed by atoms with van der Waals surface area (Å²) >= 11 is 0. The van der Waals surface area contributed by atoms with Crippen molar-refractivity contribution in [2.75, 3.05) is 33.3 Å². The Morgan fingerprint density at radius 3 is 2.10 bits per heavy atom. The number of likely N-dealkylation sites (tertiary alicyclic amines) is 2. The lowest BCUT2D eigenvalue weighted by atomic mass is 9.75. The molecule has 2 saturated heterocycles. The normalized spacial score (nSPS) is 18.1. The molecule has 1 atom stereocenters. The average Bonchev–Trinajstić information content (AvgIpc) is 2.88. The minimum Gasteiger partial charge on any atom is -0.475 e. The summed E-state index contributed by atoms with van der Waals surface area (Å²) in [6.07, 6.45) is -6.13. The molecule has 1 unspecified atom stereocenters. The van der Waals surface area contributed by atoms with E-state index in [0.717, 1.165) is 55.9 Å². The van der Waals surface area contributed by atoms with Gasteiger partial charge >= 0.3 is 24.3 Å². The van der Waals surface area contributed by atoms with E-state index in [-0.39, 0.29) is 11.4 Å². The first-order valence-corrected chi connectivity index (χ1v) is 12.6. The number of carbonyl (C=O) groups is 3. The van der Waals surface area contributed by atoms with E-state index >= 15 is 0 Å². The molecule has 2 fully saturated rings. The van der Waals surface area contributed by atoms with E-state index in [9.17, 15) is 31.1 Å². The summed E-state index contributed by atoms with van der Waals surface area (Å²) < 4.78 is 69.4. The SMILES string of the molecule is Cc1cccc(C(=O)N2CC3(CC(COCc4ccccn4)CCN3C)C2)c1.O=C(O)C(F)(F)F.O=C(O)C(F)(F)F. The highest BCUT2D eigenvalue weighted by atomic mass is 19.4. The van der Waals surface area contributed by atoms with Gasteiger partial charge in [0.05, 0.1) is 24.4 Å². The number of halogens is 6. The van der Waals surface area contributed by atoms with E-state index in [1.165, 1.54) is 0 Å². The van der Waals surface area contributed by atoms with Crippen LogP contribution in [0.4, 0.5) is 26.3 Å². The molecule has 1 spiro atoms. The van der Waals surface area contributed by atoms with Crippen LogP contribution in [0.25, 0.3) is 0 Å². The monoisotopic (exact) mass is 607 g/mol. The third-order valence-electron chi connectivity index (χ3n) is 6.69. The van der Waals surface area contributed by atoms with Crippen molar-refractivity contribution in [2.24, 2.45) is 5.92 Å². The van der Waals surface area contributed by atoms with Gasteiger partial charge in [-0.15, -0.1) is 0 Å². The van der Waals surface area contributed by atoms with Crippen molar-refractivity contribution in [3.8, 4) is 0 Å². The van der Waals surface area contributed by atoms with Gasteiger partial charge in [0.25, 0.3) is 5.91 Å². The number of alkyl halides is 6. The van der Waals surface area contributed by atoms with E-state index in [2.05, 4.69) is 16.9 Å². The van der Waals surface area contributed by atoms with Crippen LogP contribution in [-0.2, 0) is 20.9 Å². The molecule has 1 aromatic heterocycles. The predicted molar refractivity (Wildman–Crippen MR) is 136 cm³/mol. The number of pyridine rings is 1. The van der Waals surface area contributed by atoms with Crippen LogP contribution in [0.2, 0.25) is 0 Å². The van der Waals surface area contributed by atoms with Crippen molar-refractivity contribution in [2.45, 2.75) is 44.3 Å². The van der Waals surface area contributed by atoms with Gasteiger partial charge in [-0.2, -0.15) is 26.3 Å². The number of nitrogens with zero attached hydrogens (tertiary/aromatic N) is 3. The van der Waals surface area contributed by atoms with Gasteiger partial charge in [0.15, 0.2) is 0 Å². The molecule has 1 aromatic carbocycles. The third-order valence-corrected chi connectivity index (χ3v) is 6.69. The zero-order valence-corrected chi connectivity index (χ0v) is 22.8. The first kappa shape index (κ1) is 34.5. The summed E-state index contributed by atoms with van der Waals surface area (Å²) in [7, 11) is 2.19. The highest BCUT2D eigenvalue weighted by Gasteiger charge is 2.51. The van der Waals surface area contributed by atoms with Crippen LogP contribution in [-0.4, -0.2) is 94.0 Å². The second-order valence-corrected chi connectivity index (χ2v) is 9.98. The van der Waals surface area contributed by atoms with Crippen molar-refractivity contribution in [3.05, 3.63) is 65.5 Å². The van der Waals surface area contributed by atoms with Crippen LogP contribution in [0.5, 0.6) is 0 Å². The molecule has 2 aliphatic rings. The van der Waals surface area contributed by atoms with E-state index < -0.39 is 24.3 Å². The number of rotatable bonds is 5. The summed E-state index contributed by atoms with van der Waals surface area (Å²) in [5.41, 5.74) is 3.00. The first-order chi connectivity index (χ1) is 19.4. The maximum atomic E-state index is 12.8. The number of aryl methyl sites for hydroxylation is 1. The molecule has 232 valence electrons. The highest BCUT2D eigenvalue weighted by molar-refractivity contribution is 5.95. The van der Waals surface area contributed by atoms with E-state index in [4.69, 9.17) is 24.5 Å². The van der Waals surface area contributed by atoms with Crippen molar-refractivity contribution in [1.29, 1.82) is 0 Å². The quantitative estimate of drug-likeness (QED) is 0.480. The van der Waals surface area contributed by atoms with Crippen molar-refractivity contribution < 1.29 is 55.7 Å². The van der Waals surface area contributed by atoms with Crippen LogP contribution in [0.1, 0.15) is 34.5 Å². The second-order valence-electron chi connectivity index (χ2n) is 9.98. The molecule has 0 aliphatic carbocycles. The van der Waals surface area contributed by atoms with E-state index in [1.54, 1.807) is 6.20 Å². The van der Waals surface area contributed by atoms with Gasteiger partial charge in [0.2, 0.25) is 0 Å². The number of likely N-dealkylation sites (N-methyl/N-ethyl adjacent to an activating group) is 1. The summed E-state index contributed by atoms with van der Waals surface area (Å²) in [5.74, 6) is -4.83. The topological polar surface area (TPSA) is 120 Å². The fourth-order valence-corrected chi connectivity index (χ4v) is 4.50. The van der Waals surface area contributed by atoms with Gasteiger partial charge in [0, 0.05) is 24.8 Å². The highest BCUT2D eigenvalue weighted by Crippen LogP contribution is 2.39. The number of carbonyl (C=O) groups excluding carboxylic acids is 1. The van der Waals surface area contributed by atoms with Crippen LogP contribution >= 0.6 is 0 Å². The molecule has 9 nitrogen and oxygen atoms in total. The van der Waals surface area contributed by atoms with Gasteiger partial charge in [-0.05, 0) is 63.5 Å². The third kappa shape index (κ3) is 10.3. The van der Waals surface area contributed by atoms with Crippen LogP contribution in [0, 0.1) is 12.8 Å². The fourth-order valence-electron chi connectivity index (χ4n) is 4.50. The lowest BCUT2D eigenvalue weighted by Crippen LogP contribution is -2.72. The smallest absolute Gasteiger partial charge is 0.475 e. The van der Waals surface area contributed by atoms with Crippen molar-refractivity contribution in [1.82, 2.24) is 14.8 Å². The Hall–Kier alpha value is -3.72. The molecule has 2 aromatic rings. The molecule has 0 saturated carbocycles. The molecule has 0 bridgehead atoms. The minimum absolute atomic E-state index is 0.108. The second kappa shape index (κ2) is 14.4. The summed E-state index contributed by atoms with van der Waals surface area (Å²) in [5, 5.41) is 14.2. The zero-order chi connectivity index (χ0) is 31.7. The number of carboxylic acids is 2. The number of piperidine rings is 1. The van der Waals surface area contributed by atoms with E-state index in [1.807, 2.05) is 54.3 Å². The summed E-state index contributed by atoms with van der Waals surface area (Å²) in [6.45, 7) is 6.04. The van der Waals surface area contributed by atoms with Gasteiger partial charge in [-0.3, -0.25) is 14.7 Å². The maximum absolute atomic E-state index is 12.8. The molecule has 1 amide bonds. The number of ether oxygens (including phenoxy) is 1. The predicted octanol–water partition coefficient (Wildman–Crippen LogP) is 4.41. The average molecular weight is 608 g/mol. The molecular weight excluding hydrogens is 576 g/mol. The van der Waals surface area contributed by atoms with Crippen molar-refractivity contribution >= 4 is 17.8 Å². The number of amides is 1.